The van der Waals surface area contributed by atoms with E-state index in [4.69, 9.17) is 0 Å². The van der Waals surface area contributed by atoms with Gasteiger partial charge in [-0.05, 0) is 39.3 Å². The molecule has 1 aliphatic rings. The number of thioether (sulfide) groups is 1. The molecule has 1 unspecified atom stereocenters. The molecule has 0 bridgehead atoms. The largest absolute Gasteiger partial charge is 0.342 e. The Balaban J connectivity index is 1.99. The van der Waals surface area contributed by atoms with Crippen LogP contribution >= 0.6 is 11.8 Å². The standard InChI is InChI=1S/C25H28N2OS/c1-5-26(6-2)25(28)24-22-18-11-7-9-13-20(18)27(16-15-17(3)4)23(22)19-12-8-10-14-21(19)29-24/h7-14,24H,3,5-6,15-16H2,1-2,4H3. The summed E-state index contributed by atoms with van der Waals surface area (Å²) in [4.78, 5) is 16.7. The summed E-state index contributed by atoms with van der Waals surface area (Å²) in [7, 11) is 0. The van der Waals surface area contributed by atoms with E-state index in [1.54, 1.807) is 11.8 Å². The number of hydrogen-bond donors (Lipinski definition) is 0. The van der Waals surface area contributed by atoms with E-state index >= 15 is 0 Å². The Labute approximate surface area is 177 Å². The molecule has 4 heteroatoms. The lowest BCUT2D eigenvalue weighted by Crippen LogP contribution is -2.34. The molecule has 0 saturated carbocycles. The molecule has 0 spiro atoms. The van der Waals surface area contributed by atoms with E-state index in [1.165, 1.54) is 38.2 Å². The molecular weight excluding hydrogens is 376 g/mol. The number of hydrogen-bond acceptors (Lipinski definition) is 2. The highest BCUT2D eigenvalue weighted by Gasteiger charge is 2.36. The van der Waals surface area contributed by atoms with Gasteiger partial charge in [0.05, 0.1) is 5.69 Å². The van der Waals surface area contributed by atoms with E-state index in [0.29, 0.717) is 0 Å². The second-order valence-corrected chi connectivity index (χ2v) is 8.79. The number of nitrogens with zero attached hydrogens (tertiary/aromatic N) is 2. The van der Waals surface area contributed by atoms with Gasteiger partial charge in [-0.1, -0.05) is 42.0 Å². The molecule has 1 atom stereocenters. The van der Waals surface area contributed by atoms with Crippen molar-refractivity contribution in [2.45, 2.75) is 43.9 Å². The molecule has 3 aromatic rings. The fraction of sp³-hybridized carbons (Fsp3) is 0.320. The number of carbonyl (C=O) groups excluding carboxylic acids is 1. The summed E-state index contributed by atoms with van der Waals surface area (Å²) in [5, 5.41) is 0.979. The molecule has 0 saturated heterocycles. The second-order valence-electron chi connectivity index (χ2n) is 7.64. The number of benzene rings is 2. The van der Waals surface area contributed by atoms with Crippen molar-refractivity contribution in [3.63, 3.8) is 0 Å². The summed E-state index contributed by atoms with van der Waals surface area (Å²) in [5.41, 5.74) is 5.98. The van der Waals surface area contributed by atoms with Gasteiger partial charge in [-0.25, -0.2) is 0 Å². The van der Waals surface area contributed by atoms with Crippen molar-refractivity contribution in [1.82, 2.24) is 9.47 Å². The zero-order valence-corrected chi connectivity index (χ0v) is 18.3. The van der Waals surface area contributed by atoms with Crippen molar-refractivity contribution < 1.29 is 4.79 Å². The number of allylic oxidation sites excluding steroid dienone is 1. The molecule has 1 aliphatic heterocycles. The molecule has 0 fully saturated rings. The van der Waals surface area contributed by atoms with Crippen LogP contribution in [0.5, 0.6) is 0 Å². The molecule has 0 radical (unpaired) electrons. The number of carbonyl (C=O) groups is 1. The molecule has 2 heterocycles. The number of likely N-dealkylation sites (N-methyl/N-ethyl adjacent to an activating group) is 1. The minimum atomic E-state index is -0.212. The number of aromatic nitrogens is 1. The van der Waals surface area contributed by atoms with Crippen LogP contribution in [0.4, 0.5) is 0 Å². The molecule has 1 amide bonds. The fourth-order valence-electron chi connectivity index (χ4n) is 4.25. The highest BCUT2D eigenvalue weighted by Crippen LogP contribution is 2.53. The third-order valence-electron chi connectivity index (χ3n) is 5.72. The molecule has 3 nitrogen and oxygen atoms in total. The number of amides is 1. The summed E-state index contributed by atoms with van der Waals surface area (Å²) in [6.07, 6.45) is 0.926. The maximum atomic E-state index is 13.5. The van der Waals surface area contributed by atoms with Gasteiger partial charge in [0.1, 0.15) is 5.25 Å². The molecule has 1 aromatic heterocycles. The third kappa shape index (κ3) is 3.40. The first-order valence-electron chi connectivity index (χ1n) is 10.4. The first-order chi connectivity index (χ1) is 14.1. The van der Waals surface area contributed by atoms with Gasteiger partial charge in [-0.3, -0.25) is 4.79 Å². The first kappa shape index (κ1) is 19.8. The van der Waals surface area contributed by atoms with E-state index in [0.717, 1.165) is 26.1 Å². The Morgan fingerprint density at radius 1 is 1.10 bits per heavy atom. The van der Waals surface area contributed by atoms with Crippen LogP contribution in [0.1, 0.15) is 38.0 Å². The maximum absolute atomic E-state index is 13.5. The highest BCUT2D eigenvalue weighted by atomic mass is 32.2. The van der Waals surface area contributed by atoms with Crippen molar-refractivity contribution in [3.05, 3.63) is 66.2 Å². The average molecular weight is 405 g/mol. The monoisotopic (exact) mass is 404 g/mol. The number of aryl methyl sites for hydroxylation is 1. The van der Waals surface area contributed by atoms with Crippen LogP contribution in [0.15, 0.2) is 65.6 Å². The fourth-order valence-corrected chi connectivity index (χ4v) is 5.56. The van der Waals surface area contributed by atoms with Gasteiger partial charge >= 0.3 is 0 Å². The van der Waals surface area contributed by atoms with E-state index < -0.39 is 0 Å². The lowest BCUT2D eigenvalue weighted by Gasteiger charge is -2.30. The lowest BCUT2D eigenvalue weighted by molar-refractivity contribution is -0.130. The van der Waals surface area contributed by atoms with E-state index in [2.05, 4.69) is 80.4 Å². The normalized spacial score (nSPS) is 15.1. The first-order valence-corrected chi connectivity index (χ1v) is 11.2. The molecular formula is C25H28N2OS. The van der Waals surface area contributed by atoms with Crippen molar-refractivity contribution in [2.75, 3.05) is 13.1 Å². The Kier molecular flexibility index (Phi) is 5.55. The molecule has 150 valence electrons. The van der Waals surface area contributed by atoms with Crippen LogP contribution in [0, 0.1) is 0 Å². The third-order valence-corrected chi connectivity index (χ3v) is 7.00. The van der Waals surface area contributed by atoms with Gasteiger partial charge in [-0.2, -0.15) is 0 Å². The maximum Gasteiger partial charge on any atom is 0.240 e. The van der Waals surface area contributed by atoms with E-state index in [1.807, 2.05) is 4.90 Å². The second kappa shape index (κ2) is 8.11. The van der Waals surface area contributed by atoms with Crippen LogP contribution in [0.25, 0.3) is 22.2 Å². The topological polar surface area (TPSA) is 25.2 Å². The number of fused-ring (bicyclic) bond motifs is 5. The summed E-state index contributed by atoms with van der Waals surface area (Å²) in [6, 6.07) is 17.0. The predicted octanol–water partition coefficient (Wildman–Crippen LogP) is 6.29. The summed E-state index contributed by atoms with van der Waals surface area (Å²) in [5.74, 6) is 0.207. The molecule has 4 rings (SSSR count). The number of para-hydroxylation sites is 1. The summed E-state index contributed by atoms with van der Waals surface area (Å²) < 4.78 is 2.40. The minimum Gasteiger partial charge on any atom is -0.342 e. The van der Waals surface area contributed by atoms with Gasteiger partial charge in [0.15, 0.2) is 0 Å². The Morgan fingerprint density at radius 3 is 2.52 bits per heavy atom. The smallest absolute Gasteiger partial charge is 0.240 e. The summed E-state index contributed by atoms with van der Waals surface area (Å²) in [6.45, 7) is 12.6. The van der Waals surface area contributed by atoms with Crippen LogP contribution in [0.3, 0.4) is 0 Å². The van der Waals surface area contributed by atoms with Crippen molar-refractivity contribution in [3.8, 4) is 11.3 Å². The van der Waals surface area contributed by atoms with Gasteiger partial charge in [0.25, 0.3) is 0 Å². The Morgan fingerprint density at radius 2 is 1.79 bits per heavy atom. The zero-order valence-electron chi connectivity index (χ0n) is 17.4. The van der Waals surface area contributed by atoms with Crippen LogP contribution in [-0.4, -0.2) is 28.5 Å². The van der Waals surface area contributed by atoms with Gasteiger partial charge in [-0.15, -0.1) is 18.3 Å². The quantitative estimate of drug-likeness (QED) is 0.451. The SMILES string of the molecule is C=C(C)CCn1c2c(c3ccccc31)C(C(=O)N(CC)CC)Sc1ccccc1-2. The van der Waals surface area contributed by atoms with Crippen LogP contribution in [-0.2, 0) is 11.3 Å². The van der Waals surface area contributed by atoms with Crippen molar-refractivity contribution in [2.24, 2.45) is 0 Å². The van der Waals surface area contributed by atoms with E-state index in [-0.39, 0.29) is 11.2 Å². The van der Waals surface area contributed by atoms with Crippen LogP contribution < -0.4 is 0 Å². The molecule has 29 heavy (non-hydrogen) atoms. The zero-order chi connectivity index (χ0) is 20.5. The lowest BCUT2D eigenvalue weighted by atomic mass is 10.0. The average Bonchev–Trinajstić information content (AvgIpc) is 3.07. The predicted molar refractivity (Wildman–Crippen MR) is 123 cm³/mol. The van der Waals surface area contributed by atoms with Crippen LogP contribution in [0.2, 0.25) is 0 Å². The van der Waals surface area contributed by atoms with Gasteiger partial charge < -0.3 is 9.47 Å². The molecule has 0 aliphatic carbocycles. The Hall–Kier alpha value is -2.46. The Bertz CT molecular complexity index is 1080. The summed E-state index contributed by atoms with van der Waals surface area (Å²) >= 11 is 1.70. The highest BCUT2D eigenvalue weighted by molar-refractivity contribution is 8.00. The van der Waals surface area contributed by atoms with Gasteiger partial charge in [0.2, 0.25) is 5.91 Å². The van der Waals surface area contributed by atoms with Crippen molar-refractivity contribution >= 4 is 28.6 Å². The molecule has 2 aromatic carbocycles. The minimum absolute atomic E-state index is 0.207. The molecule has 0 N–H and O–H groups in total. The number of rotatable bonds is 6. The van der Waals surface area contributed by atoms with Crippen molar-refractivity contribution in [1.29, 1.82) is 0 Å². The van der Waals surface area contributed by atoms with Gasteiger partial charge in [0, 0.05) is 46.6 Å². The van der Waals surface area contributed by atoms with E-state index in [9.17, 15) is 4.79 Å².